The van der Waals surface area contributed by atoms with Gasteiger partial charge in [-0.05, 0) is 6.07 Å². The summed E-state index contributed by atoms with van der Waals surface area (Å²) in [4.78, 5) is 42.1. The van der Waals surface area contributed by atoms with Crippen molar-refractivity contribution in [3.8, 4) is 5.75 Å². The molecule has 1 N–H and O–H groups in total. The van der Waals surface area contributed by atoms with E-state index in [2.05, 4.69) is 5.32 Å². The van der Waals surface area contributed by atoms with E-state index in [9.17, 15) is 14.4 Å². The number of amides is 1. The molecule has 3 heterocycles. The van der Waals surface area contributed by atoms with Crippen LogP contribution >= 0.6 is 0 Å². The van der Waals surface area contributed by atoms with E-state index in [1.165, 1.54) is 11.7 Å². The van der Waals surface area contributed by atoms with Crippen LogP contribution in [0.3, 0.4) is 0 Å². The molecule has 34 heavy (non-hydrogen) atoms. The summed E-state index contributed by atoms with van der Waals surface area (Å²) in [5, 5.41) is 4.33. The zero-order valence-electron chi connectivity index (χ0n) is 19.2. The quantitative estimate of drug-likeness (QED) is 0.465. The molecule has 0 bridgehead atoms. The minimum absolute atomic E-state index is 0.113. The first-order valence-corrected chi connectivity index (χ1v) is 11.3. The largest absolute Gasteiger partial charge is 0.493 e. The van der Waals surface area contributed by atoms with Crippen LogP contribution in [0.1, 0.15) is 20.8 Å². The first-order valence-electron chi connectivity index (χ1n) is 11.3. The van der Waals surface area contributed by atoms with E-state index in [0.717, 1.165) is 18.5 Å². The summed E-state index contributed by atoms with van der Waals surface area (Å²) in [6.07, 6.45) is 0. The summed E-state index contributed by atoms with van der Waals surface area (Å²) < 4.78 is 8.92. The fourth-order valence-corrected chi connectivity index (χ4v) is 4.80. The fourth-order valence-electron chi connectivity index (χ4n) is 4.80. The number of piperazine rings is 1. The number of pyridine rings is 1. The molecule has 2 aromatic carbocycles. The molecule has 174 valence electrons. The Morgan fingerprint density at radius 3 is 2.38 bits per heavy atom. The van der Waals surface area contributed by atoms with Crippen LogP contribution < -0.4 is 15.6 Å². The van der Waals surface area contributed by atoms with E-state index in [1.54, 1.807) is 40.8 Å². The van der Waals surface area contributed by atoms with Gasteiger partial charge in [0.2, 0.25) is 0 Å². The molecule has 1 fully saturated rings. The van der Waals surface area contributed by atoms with Crippen LogP contribution in [0.4, 0.5) is 0 Å². The molecule has 1 amide bonds. The fraction of sp³-hybridized carbons (Fsp3) is 0.269. The highest BCUT2D eigenvalue weighted by molar-refractivity contribution is 6.12. The van der Waals surface area contributed by atoms with Crippen molar-refractivity contribution in [3.05, 3.63) is 76.2 Å². The molecule has 1 aliphatic rings. The number of nitrogens with one attached hydrogen (secondary N) is 1. The average Bonchev–Trinajstić information content (AvgIpc) is 3.19. The molecule has 2 aromatic heterocycles. The molecular weight excluding hydrogens is 432 g/mol. The first kappa shape index (κ1) is 21.9. The van der Waals surface area contributed by atoms with Gasteiger partial charge in [0.1, 0.15) is 5.39 Å². The number of Topliss-reactive ketones (excluding diaryl/α,β-unsaturated/α-hetero) is 1. The monoisotopic (exact) mass is 458 g/mol. The van der Waals surface area contributed by atoms with Crippen LogP contribution in [0, 0.1) is 0 Å². The van der Waals surface area contributed by atoms with Crippen molar-refractivity contribution >= 4 is 33.5 Å². The second-order valence-electron chi connectivity index (χ2n) is 8.40. The number of hydrogen-bond donors (Lipinski definition) is 1. The number of ether oxygens (including phenoxy) is 1. The second kappa shape index (κ2) is 8.79. The molecule has 0 spiro atoms. The van der Waals surface area contributed by atoms with Gasteiger partial charge in [0.05, 0.1) is 24.7 Å². The standard InChI is InChI=1S/C26H26N4O4/c1-28-22-18-10-6-7-11-19(18)30(16-20(31)17-8-4-3-5-9-17)25(32)21(22)24(34-2)23(28)26(33)29-14-12-27-13-15-29/h3-11,27H,12-16H2,1-2H3. The topological polar surface area (TPSA) is 85.6 Å². The predicted molar refractivity (Wildman–Crippen MR) is 131 cm³/mol. The summed E-state index contributed by atoms with van der Waals surface area (Å²) in [5.41, 5.74) is 1.78. The minimum Gasteiger partial charge on any atom is -0.493 e. The summed E-state index contributed by atoms with van der Waals surface area (Å²) >= 11 is 0. The predicted octanol–water partition coefficient (Wildman–Crippen LogP) is 2.43. The number of methoxy groups -OCH3 is 1. The van der Waals surface area contributed by atoms with Gasteiger partial charge in [0, 0.05) is 44.2 Å². The number of nitrogens with zero attached hydrogens (tertiary/aromatic N) is 3. The van der Waals surface area contributed by atoms with Crippen molar-refractivity contribution in [1.29, 1.82) is 0 Å². The average molecular weight is 459 g/mol. The Morgan fingerprint density at radius 2 is 1.68 bits per heavy atom. The van der Waals surface area contributed by atoms with Gasteiger partial charge in [-0.1, -0.05) is 48.5 Å². The summed E-state index contributed by atoms with van der Waals surface area (Å²) in [5.74, 6) is -0.0932. The third kappa shape index (κ3) is 3.47. The van der Waals surface area contributed by atoms with Gasteiger partial charge in [-0.25, -0.2) is 0 Å². The molecule has 8 heteroatoms. The van der Waals surface area contributed by atoms with Gasteiger partial charge in [-0.3, -0.25) is 19.0 Å². The van der Waals surface area contributed by atoms with Crippen LogP contribution in [0.2, 0.25) is 0 Å². The first-order chi connectivity index (χ1) is 16.5. The Kier molecular flexibility index (Phi) is 5.67. The minimum atomic E-state index is -0.357. The molecule has 0 aliphatic carbocycles. The van der Waals surface area contributed by atoms with Gasteiger partial charge < -0.3 is 19.5 Å². The molecular formula is C26H26N4O4. The number of ketones is 1. The van der Waals surface area contributed by atoms with E-state index in [1.807, 2.05) is 30.3 Å². The van der Waals surface area contributed by atoms with Gasteiger partial charge in [-0.2, -0.15) is 0 Å². The number of benzene rings is 2. The number of rotatable bonds is 5. The lowest BCUT2D eigenvalue weighted by Crippen LogP contribution is -2.46. The van der Waals surface area contributed by atoms with E-state index in [-0.39, 0.29) is 29.5 Å². The number of carbonyl (C=O) groups excluding carboxylic acids is 2. The van der Waals surface area contributed by atoms with Gasteiger partial charge >= 0.3 is 0 Å². The van der Waals surface area contributed by atoms with E-state index >= 15 is 0 Å². The third-order valence-corrected chi connectivity index (χ3v) is 6.47. The smallest absolute Gasteiger partial charge is 0.274 e. The van der Waals surface area contributed by atoms with Crippen LogP contribution in [0.15, 0.2) is 59.4 Å². The van der Waals surface area contributed by atoms with Crippen LogP contribution in [-0.4, -0.2) is 59.0 Å². The van der Waals surface area contributed by atoms with Gasteiger partial charge in [0.15, 0.2) is 17.2 Å². The van der Waals surface area contributed by atoms with E-state index < -0.39 is 0 Å². The Morgan fingerprint density at radius 1 is 1.00 bits per heavy atom. The molecule has 0 atom stereocenters. The van der Waals surface area contributed by atoms with Crippen molar-refractivity contribution in [1.82, 2.24) is 19.4 Å². The Bertz CT molecular complexity index is 1460. The van der Waals surface area contributed by atoms with Crippen molar-refractivity contribution < 1.29 is 14.3 Å². The number of fused-ring (bicyclic) bond motifs is 3. The lowest BCUT2D eigenvalue weighted by molar-refractivity contribution is 0.0723. The number of para-hydroxylation sites is 1. The Labute approximate surface area is 196 Å². The zero-order chi connectivity index (χ0) is 23.8. The number of aromatic nitrogens is 2. The highest BCUT2D eigenvalue weighted by Crippen LogP contribution is 2.35. The summed E-state index contributed by atoms with van der Waals surface area (Å²) in [6, 6.07) is 16.4. The normalized spacial score (nSPS) is 14.0. The molecule has 5 rings (SSSR count). The molecule has 0 saturated carbocycles. The van der Waals surface area contributed by atoms with Crippen LogP contribution in [-0.2, 0) is 13.6 Å². The number of hydrogen-bond acceptors (Lipinski definition) is 5. The van der Waals surface area contributed by atoms with Crippen molar-refractivity contribution in [2.24, 2.45) is 7.05 Å². The lowest BCUT2D eigenvalue weighted by Gasteiger charge is -2.27. The molecule has 8 nitrogen and oxygen atoms in total. The second-order valence-corrected chi connectivity index (χ2v) is 8.40. The van der Waals surface area contributed by atoms with Crippen molar-refractivity contribution in [2.45, 2.75) is 6.54 Å². The highest BCUT2D eigenvalue weighted by atomic mass is 16.5. The van der Waals surface area contributed by atoms with Gasteiger partial charge in [-0.15, -0.1) is 0 Å². The maximum absolute atomic E-state index is 13.8. The van der Waals surface area contributed by atoms with Gasteiger partial charge in [0.25, 0.3) is 11.5 Å². The van der Waals surface area contributed by atoms with Crippen molar-refractivity contribution in [2.75, 3.05) is 33.3 Å². The molecule has 1 aliphatic heterocycles. The molecule has 4 aromatic rings. The van der Waals surface area contributed by atoms with Crippen molar-refractivity contribution in [3.63, 3.8) is 0 Å². The van der Waals surface area contributed by atoms with Crippen LogP contribution in [0.5, 0.6) is 5.75 Å². The summed E-state index contributed by atoms with van der Waals surface area (Å²) in [6.45, 7) is 2.49. The molecule has 1 saturated heterocycles. The maximum Gasteiger partial charge on any atom is 0.274 e. The molecule has 0 radical (unpaired) electrons. The lowest BCUT2D eigenvalue weighted by atomic mass is 10.1. The SMILES string of the molecule is COc1c(C(=O)N2CCNCC2)n(C)c2c1c(=O)n(CC(=O)c1ccccc1)c1ccccc21. The Hall–Kier alpha value is -3.91. The summed E-state index contributed by atoms with van der Waals surface area (Å²) in [7, 11) is 3.25. The number of carbonyl (C=O) groups is 2. The zero-order valence-corrected chi connectivity index (χ0v) is 19.2. The van der Waals surface area contributed by atoms with E-state index in [4.69, 9.17) is 4.74 Å². The maximum atomic E-state index is 13.8. The highest BCUT2D eigenvalue weighted by Gasteiger charge is 2.30. The van der Waals surface area contributed by atoms with E-state index in [0.29, 0.717) is 40.8 Å². The number of aryl methyl sites for hydroxylation is 1. The van der Waals surface area contributed by atoms with Crippen LogP contribution in [0.25, 0.3) is 21.8 Å². The Balaban J connectivity index is 1.75. The third-order valence-electron chi connectivity index (χ3n) is 6.47. The molecule has 0 unspecified atom stereocenters.